The van der Waals surface area contributed by atoms with Gasteiger partial charge in [-0.1, -0.05) is 37.6 Å². The van der Waals surface area contributed by atoms with E-state index in [1.54, 1.807) is 0 Å². The van der Waals surface area contributed by atoms with Gasteiger partial charge in [-0.2, -0.15) is 0 Å². The van der Waals surface area contributed by atoms with Crippen LogP contribution in [-0.4, -0.2) is 17.4 Å². The number of benzene rings is 1. The standard InChI is InChI=1S/C14H19NO/c1-2-3-8-14(16)15-10-9-12-6-4-5-7-13(12)11-15/h4-7H,2-3,8-11H2,1H3. The van der Waals surface area contributed by atoms with Crippen LogP contribution < -0.4 is 0 Å². The van der Waals surface area contributed by atoms with Crippen LogP contribution in [0.4, 0.5) is 0 Å². The Morgan fingerprint density at radius 2 is 2.06 bits per heavy atom. The van der Waals surface area contributed by atoms with E-state index in [0.29, 0.717) is 12.3 Å². The fourth-order valence-corrected chi connectivity index (χ4v) is 2.19. The van der Waals surface area contributed by atoms with Gasteiger partial charge in [-0.15, -0.1) is 0 Å². The van der Waals surface area contributed by atoms with Gasteiger partial charge in [0.15, 0.2) is 0 Å². The molecule has 2 heteroatoms. The number of unbranched alkanes of at least 4 members (excludes halogenated alkanes) is 1. The molecule has 0 aliphatic carbocycles. The van der Waals surface area contributed by atoms with Gasteiger partial charge >= 0.3 is 0 Å². The zero-order valence-corrected chi connectivity index (χ0v) is 9.91. The van der Waals surface area contributed by atoms with Crippen molar-refractivity contribution in [3.63, 3.8) is 0 Å². The summed E-state index contributed by atoms with van der Waals surface area (Å²) in [6, 6.07) is 8.43. The molecule has 0 saturated heterocycles. The zero-order chi connectivity index (χ0) is 11.4. The van der Waals surface area contributed by atoms with Crippen LogP contribution in [0.1, 0.15) is 37.3 Å². The maximum absolute atomic E-state index is 11.9. The molecule has 1 heterocycles. The lowest BCUT2D eigenvalue weighted by Crippen LogP contribution is -2.35. The molecule has 0 saturated carbocycles. The van der Waals surface area contributed by atoms with Crippen molar-refractivity contribution >= 4 is 5.91 Å². The molecule has 0 fully saturated rings. The molecule has 0 aromatic heterocycles. The molecule has 0 bridgehead atoms. The van der Waals surface area contributed by atoms with Gasteiger partial charge in [0.1, 0.15) is 0 Å². The minimum atomic E-state index is 0.316. The van der Waals surface area contributed by atoms with Crippen molar-refractivity contribution in [1.82, 2.24) is 4.90 Å². The number of carbonyl (C=O) groups is 1. The van der Waals surface area contributed by atoms with E-state index in [1.165, 1.54) is 11.1 Å². The summed E-state index contributed by atoms with van der Waals surface area (Å²) in [4.78, 5) is 13.9. The quantitative estimate of drug-likeness (QED) is 0.762. The molecule has 1 amide bonds. The number of fused-ring (bicyclic) bond motifs is 1. The highest BCUT2D eigenvalue weighted by Crippen LogP contribution is 2.19. The van der Waals surface area contributed by atoms with Crippen molar-refractivity contribution < 1.29 is 4.79 Å². The molecule has 86 valence electrons. The number of rotatable bonds is 3. The third-order valence-corrected chi connectivity index (χ3v) is 3.23. The van der Waals surface area contributed by atoms with Crippen molar-refractivity contribution in [3.8, 4) is 0 Å². The molecular formula is C14H19NO. The second-order valence-corrected chi connectivity index (χ2v) is 4.44. The Balaban J connectivity index is 1.99. The molecule has 1 aromatic rings. The first-order chi connectivity index (χ1) is 7.81. The number of hydrogen-bond donors (Lipinski definition) is 0. The Kier molecular flexibility index (Phi) is 3.60. The minimum absolute atomic E-state index is 0.316. The minimum Gasteiger partial charge on any atom is -0.338 e. The molecule has 2 rings (SSSR count). The topological polar surface area (TPSA) is 20.3 Å². The van der Waals surface area contributed by atoms with Gasteiger partial charge in [0.2, 0.25) is 5.91 Å². The highest BCUT2D eigenvalue weighted by atomic mass is 16.2. The predicted octanol–water partition coefficient (Wildman–Crippen LogP) is 2.76. The van der Waals surface area contributed by atoms with E-state index in [1.807, 2.05) is 4.90 Å². The monoisotopic (exact) mass is 217 g/mol. The summed E-state index contributed by atoms with van der Waals surface area (Å²) in [5.41, 5.74) is 2.72. The van der Waals surface area contributed by atoms with Gasteiger partial charge in [0, 0.05) is 19.5 Å². The number of nitrogens with zero attached hydrogens (tertiary/aromatic N) is 1. The smallest absolute Gasteiger partial charge is 0.222 e. The highest BCUT2D eigenvalue weighted by Gasteiger charge is 2.19. The largest absolute Gasteiger partial charge is 0.338 e. The first kappa shape index (κ1) is 11.2. The van der Waals surface area contributed by atoms with Crippen molar-refractivity contribution in [1.29, 1.82) is 0 Å². The van der Waals surface area contributed by atoms with E-state index in [4.69, 9.17) is 0 Å². The molecule has 0 spiro atoms. The summed E-state index contributed by atoms with van der Waals surface area (Å²) in [5, 5.41) is 0. The molecule has 0 N–H and O–H groups in total. The lowest BCUT2D eigenvalue weighted by molar-refractivity contribution is -0.132. The van der Waals surface area contributed by atoms with Crippen LogP contribution in [0.5, 0.6) is 0 Å². The van der Waals surface area contributed by atoms with Gasteiger partial charge in [0.25, 0.3) is 0 Å². The number of amides is 1. The Morgan fingerprint density at radius 1 is 1.31 bits per heavy atom. The molecule has 0 atom stereocenters. The second kappa shape index (κ2) is 5.15. The Morgan fingerprint density at radius 3 is 2.81 bits per heavy atom. The third-order valence-electron chi connectivity index (χ3n) is 3.23. The fraction of sp³-hybridized carbons (Fsp3) is 0.500. The van der Waals surface area contributed by atoms with Gasteiger partial charge in [0.05, 0.1) is 0 Å². The lowest BCUT2D eigenvalue weighted by atomic mass is 9.99. The summed E-state index contributed by atoms with van der Waals surface area (Å²) >= 11 is 0. The van der Waals surface area contributed by atoms with Crippen molar-refractivity contribution in [2.45, 2.75) is 39.2 Å². The SMILES string of the molecule is CCCCC(=O)N1CCc2ccccc2C1. The van der Waals surface area contributed by atoms with Crippen LogP contribution in [0.2, 0.25) is 0 Å². The van der Waals surface area contributed by atoms with Crippen LogP contribution in [0.25, 0.3) is 0 Å². The summed E-state index contributed by atoms with van der Waals surface area (Å²) in [7, 11) is 0. The van der Waals surface area contributed by atoms with Crippen LogP contribution in [-0.2, 0) is 17.8 Å². The molecule has 1 aliphatic heterocycles. The predicted molar refractivity (Wildman–Crippen MR) is 65.1 cm³/mol. The van der Waals surface area contributed by atoms with E-state index in [9.17, 15) is 4.79 Å². The number of hydrogen-bond acceptors (Lipinski definition) is 1. The lowest BCUT2D eigenvalue weighted by Gasteiger charge is -2.28. The van der Waals surface area contributed by atoms with Crippen molar-refractivity contribution in [2.75, 3.05) is 6.54 Å². The summed E-state index contributed by atoms with van der Waals surface area (Å²) in [6.07, 6.45) is 3.82. The van der Waals surface area contributed by atoms with Gasteiger partial charge in [-0.25, -0.2) is 0 Å². The van der Waals surface area contributed by atoms with Crippen LogP contribution in [0.3, 0.4) is 0 Å². The van der Waals surface area contributed by atoms with E-state index in [2.05, 4.69) is 31.2 Å². The highest BCUT2D eigenvalue weighted by molar-refractivity contribution is 5.76. The molecule has 0 unspecified atom stereocenters. The maximum Gasteiger partial charge on any atom is 0.222 e. The summed E-state index contributed by atoms with van der Waals surface area (Å²) in [5.74, 6) is 0.316. The van der Waals surface area contributed by atoms with Crippen LogP contribution in [0.15, 0.2) is 24.3 Å². The summed E-state index contributed by atoms with van der Waals surface area (Å²) in [6.45, 7) is 3.82. The maximum atomic E-state index is 11.9. The normalized spacial score (nSPS) is 14.7. The molecule has 1 aliphatic rings. The molecule has 0 radical (unpaired) electrons. The van der Waals surface area contributed by atoms with Gasteiger partial charge in [-0.05, 0) is 24.0 Å². The second-order valence-electron chi connectivity index (χ2n) is 4.44. The molecular weight excluding hydrogens is 198 g/mol. The Hall–Kier alpha value is -1.31. The van der Waals surface area contributed by atoms with Crippen molar-refractivity contribution in [3.05, 3.63) is 35.4 Å². The number of carbonyl (C=O) groups excluding carboxylic acids is 1. The molecule has 1 aromatic carbocycles. The fourth-order valence-electron chi connectivity index (χ4n) is 2.19. The summed E-state index contributed by atoms with van der Waals surface area (Å²) < 4.78 is 0. The molecule has 16 heavy (non-hydrogen) atoms. The van der Waals surface area contributed by atoms with E-state index < -0.39 is 0 Å². The van der Waals surface area contributed by atoms with Gasteiger partial charge in [-0.3, -0.25) is 4.79 Å². The Bertz CT molecular complexity index is 373. The first-order valence-corrected chi connectivity index (χ1v) is 6.16. The van der Waals surface area contributed by atoms with E-state index >= 15 is 0 Å². The van der Waals surface area contributed by atoms with E-state index in [-0.39, 0.29) is 0 Å². The first-order valence-electron chi connectivity index (χ1n) is 6.16. The Labute approximate surface area is 97.3 Å². The third kappa shape index (κ3) is 2.43. The van der Waals surface area contributed by atoms with Crippen LogP contribution >= 0.6 is 0 Å². The molecule has 2 nitrogen and oxygen atoms in total. The average molecular weight is 217 g/mol. The van der Waals surface area contributed by atoms with Gasteiger partial charge < -0.3 is 4.90 Å². The van der Waals surface area contributed by atoms with E-state index in [0.717, 1.165) is 32.4 Å². The average Bonchev–Trinajstić information content (AvgIpc) is 2.35. The zero-order valence-electron chi connectivity index (χ0n) is 9.91. The van der Waals surface area contributed by atoms with Crippen molar-refractivity contribution in [2.24, 2.45) is 0 Å². The van der Waals surface area contributed by atoms with Crippen LogP contribution in [0, 0.1) is 0 Å².